The van der Waals surface area contributed by atoms with Crippen LogP contribution in [0.3, 0.4) is 0 Å². The predicted molar refractivity (Wildman–Crippen MR) is 96.8 cm³/mol. The standard InChI is InChI=1S/C19H29N3O3/c1-13-10-17(24)20-14(2)18(13)19(25)21-8-5-16(6-9-21)22-7-3-4-15(11-22)12-23/h10,15-16,23H,3-9,11-12H2,1-2H3,(H,20,24). The van der Waals surface area contributed by atoms with Gasteiger partial charge in [-0.2, -0.15) is 0 Å². The Labute approximate surface area is 148 Å². The minimum Gasteiger partial charge on any atom is -0.396 e. The number of pyridine rings is 1. The molecule has 1 atom stereocenters. The highest BCUT2D eigenvalue weighted by atomic mass is 16.3. The van der Waals surface area contributed by atoms with Crippen LogP contribution in [0.4, 0.5) is 0 Å². The van der Waals surface area contributed by atoms with Gasteiger partial charge in [-0.3, -0.25) is 14.5 Å². The zero-order valence-electron chi connectivity index (χ0n) is 15.3. The summed E-state index contributed by atoms with van der Waals surface area (Å²) in [5.74, 6) is 0.427. The zero-order chi connectivity index (χ0) is 18.0. The normalized spacial score (nSPS) is 23.0. The second-order valence-electron chi connectivity index (χ2n) is 7.53. The van der Waals surface area contributed by atoms with E-state index in [0.717, 1.165) is 57.4 Å². The Morgan fingerprint density at radius 1 is 1.24 bits per heavy atom. The lowest BCUT2D eigenvalue weighted by Crippen LogP contribution is -2.50. The fourth-order valence-electron chi connectivity index (χ4n) is 4.35. The van der Waals surface area contributed by atoms with Gasteiger partial charge < -0.3 is 15.0 Å². The van der Waals surface area contributed by atoms with Crippen LogP contribution in [0.25, 0.3) is 0 Å². The molecule has 25 heavy (non-hydrogen) atoms. The lowest BCUT2D eigenvalue weighted by atomic mass is 9.94. The minimum atomic E-state index is -0.159. The molecule has 0 aliphatic carbocycles. The Bertz CT molecular complexity index is 651. The maximum absolute atomic E-state index is 12.9. The van der Waals surface area contributed by atoms with Crippen LogP contribution in [0, 0.1) is 19.8 Å². The van der Waals surface area contributed by atoms with Gasteiger partial charge in [0.25, 0.3) is 5.91 Å². The molecule has 2 N–H and O–H groups in total. The Hall–Kier alpha value is -1.66. The van der Waals surface area contributed by atoms with Crippen molar-refractivity contribution in [2.75, 3.05) is 32.8 Å². The van der Waals surface area contributed by atoms with Crippen molar-refractivity contribution in [3.8, 4) is 0 Å². The topological polar surface area (TPSA) is 76.6 Å². The molecule has 2 fully saturated rings. The Kier molecular flexibility index (Phi) is 5.59. The van der Waals surface area contributed by atoms with Crippen molar-refractivity contribution in [3.05, 3.63) is 33.2 Å². The maximum Gasteiger partial charge on any atom is 0.255 e. The third kappa shape index (κ3) is 3.96. The van der Waals surface area contributed by atoms with Crippen molar-refractivity contribution in [2.45, 2.75) is 45.6 Å². The summed E-state index contributed by atoms with van der Waals surface area (Å²) in [7, 11) is 0. The fourth-order valence-corrected chi connectivity index (χ4v) is 4.35. The Morgan fingerprint density at radius 3 is 2.60 bits per heavy atom. The molecule has 6 nitrogen and oxygen atoms in total. The smallest absolute Gasteiger partial charge is 0.255 e. The van der Waals surface area contributed by atoms with Gasteiger partial charge >= 0.3 is 0 Å². The van der Waals surface area contributed by atoms with Crippen molar-refractivity contribution < 1.29 is 9.90 Å². The van der Waals surface area contributed by atoms with Crippen molar-refractivity contribution >= 4 is 5.91 Å². The van der Waals surface area contributed by atoms with Crippen molar-refractivity contribution in [1.29, 1.82) is 0 Å². The van der Waals surface area contributed by atoms with E-state index in [1.54, 1.807) is 6.92 Å². The van der Waals surface area contributed by atoms with Crippen LogP contribution in [0.2, 0.25) is 0 Å². The first kappa shape index (κ1) is 18.1. The van der Waals surface area contributed by atoms with Gasteiger partial charge in [0, 0.05) is 44.0 Å². The summed E-state index contributed by atoms with van der Waals surface area (Å²) in [5.41, 5.74) is 1.87. The van der Waals surface area contributed by atoms with Gasteiger partial charge in [-0.1, -0.05) is 0 Å². The van der Waals surface area contributed by atoms with Gasteiger partial charge in [-0.25, -0.2) is 0 Å². The summed E-state index contributed by atoms with van der Waals surface area (Å²) in [6, 6.07) is 2.01. The summed E-state index contributed by atoms with van der Waals surface area (Å²) in [6.45, 7) is 7.48. The van der Waals surface area contributed by atoms with Crippen LogP contribution in [0.5, 0.6) is 0 Å². The highest BCUT2D eigenvalue weighted by Gasteiger charge is 2.31. The average Bonchev–Trinajstić information content (AvgIpc) is 2.61. The molecule has 1 aromatic heterocycles. The number of hydrogen-bond acceptors (Lipinski definition) is 4. The number of nitrogens with zero attached hydrogens (tertiary/aromatic N) is 2. The molecule has 3 heterocycles. The van der Waals surface area contributed by atoms with Crippen LogP contribution < -0.4 is 5.56 Å². The maximum atomic E-state index is 12.9. The van der Waals surface area contributed by atoms with E-state index < -0.39 is 0 Å². The number of carbonyl (C=O) groups excluding carboxylic acids is 1. The molecule has 1 unspecified atom stereocenters. The van der Waals surface area contributed by atoms with Gasteiger partial charge in [0.15, 0.2) is 0 Å². The second kappa shape index (κ2) is 7.70. The summed E-state index contributed by atoms with van der Waals surface area (Å²) in [5, 5.41) is 9.41. The second-order valence-corrected chi connectivity index (χ2v) is 7.53. The van der Waals surface area contributed by atoms with E-state index in [1.165, 1.54) is 6.07 Å². The van der Waals surface area contributed by atoms with Gasteiger partial charge in [0.2, 0.25) is 5.56 Å². The number of carbonyl (C=O) groups is 1. The number of likely N-dealkylation sites (tertiary alicyclic amines) is 2. The Morgan fingerprint density at radius 2 is 1.96 bits per heavy atom. The number of aryl methyl sites for hydroxylation is 2. The largest absolute Gasteiger partial charge is 0.396 e. The number of hydrogen-bond donors (Lipinski definition) is 2. The monoisotopic (exact) mass is 347 g/mol. The minimum absolute atomic E-state index is 0.0246. The summed E-state index contributed by atoms with van der Waals surface area (Å²) < 4.78 is 0. The molecule has 1 amide bonds. The molecule has 6 heteroatoms. The third-order valence-electron chi connectivity index (χ3n) is 5.72. The summed E-state index contributed by atoms with van der Waals surface area (Å²) >= 11 is 0. The number of nitrogens with one attached hydrogen (secondary N) is 1. The number of aromatic nitrogens is 1. The average molecular weight is 347 g/mol. The van der Waals surface area contributed by atoms with E-state index in [0.29, 0.717) is 23.2 Å². The molecule has 0 aromatic carbocycles. The van der Waals surface area contributed by atoms with E-state index in [4.69, 9.17) is 0 Å². The van der Waals surface area contributed by atoms with E-state index in [-0.39, 0.29) is 18.1 Å². The van der Waals surface area contributed by atoms with Crippen LogP contribution in [-0.4, -0.2) is 64.6 Å². The lowest BCUT2D eigenvalue weighted by Gasteiger charge is -2.42. The van der Waals surface area contributed by atoms with Crippen LogP contribution in [0.1, 0.15) is 47.3 Å². The molecule has 1 aromatic rings. The van der Waals surface area contributed by atoms with E-state index >= 15 is 0 Å². The van der Waals surface area contributed by atoms with Gasteiger partial charge in [-0.05, 0) is 57.6 Å². The molecule has 138 valence electrons. The molecule has 0 bridgehead atoms. The van der Waals surface area contributed by atoms with Crippen molar-refractivity contribution in [3.63, 3.8) is 0 Å². The zero-order valence-corrected chi connectivity index (χ0v) is 15.3. The summed E-state index contributed by atoms with van der Waals surface area (Å²) in [6.07, 6.45) is 4.23. The SMILES string of the molecule is Cc1cc(=O)[nH]c(C)c1C(=O)N1CCC(N2CCCC(CO)C2)CC1. The van der Waals surface area contributed by atoms with Gasteiger partial charge in [0.1, 0.15) is 0 Å². The molecule has 0 radical (unpaired) electrons. The number of aliphatic hydroxyl groups is 1. The predicted octanol–water partition coefficient (Wildman–Crippen LogP) is 1.30. The molecular weight excluding hydrogens is 318 g/mol. The lowest BCUT2D eigenvalue weighted by molar-refractivity contribution is 0.0454. The van der Waals surface area contributed by atoms with Crippen molar-refractivity contribution in [2.24, 2.45) is 5.92 Å². The fraction of sp³-hybridized carbons (Fsp3) is 0.684. The molecular formula is C19H29N3O3. The van der Waals surface area contributed by atoms with E-state index in [2.05, 4.69) is 9.88 Å². The summed E-state index contributed by atoms with van der Waals surface area (Å²) in [4.78, 5) is 31.6. The van der Waals surface area contributed by atoms with E-state index in [9.17, 15) is 14.7 Å². The van der Waals surface area contributed by atoms with Gasteiger partial charge in [-0.15, -0.1) is 0 Å². The first-order valence-corrected chi connectivity index (χ1v) is 9.34. The number of rotatable bonds is 3. The highest BCUT2D eigenvalue weighted by Crippen LogP contribution is 2.25. The molecule has 3 rings (SSSR count). The van der Waals surface area contributed by atoms with E-state index in [1.807, 2.05) is 11.8 Å². The molecule has 2 saturated heterocycles. The first-order chi connectivity index (χ1) is 12.0. The molecule has 0 saturated carbocycles. The Balaban J connectivity index is 1.62. The molecule has 2 aliphatic rings. The number of H-pyrrole nitrogens is 1. The molecule has 0 spiro atoms. The number of piperidine rings is 2. The van der Waals surface area contributed by atoms with Crippen LogP contribution >= 0.6 is 0 Å². The third-order valence-corrected chi connectivity index (χ3v) is 5.72. The number of amides is 1. The van der Waals surface area contributed by atoms with Gasteiger partial charge in [0.05, 0.1) is 5.56 Å². The quantitative estimate of drug-likeness (QED) is 0.864. The molecule has 2 aliphatic heterocycles. The van der Waals surface area contributed by atoms with Crippen molar-refractivity contribution in [1.82, 2.24) is 14.8 Å². The van der Waals surface area contributed by atoms with Crippen LogP contribution in [-0.2, 0) is 0 Å². The first-order valence-electron chi connectivity index (χ1n) is 9.34. The number of aliphatic hydroxyl groups excluding tert-OH is 1. The van der Waals surface area contributed by atoms with Crippen LogP contribution in [0.15, 0.2) is 10.9 Å². The highest BCUT2D eigenvalue weighted by molar-refractivity contribution is 5.96. The number of aromatic amines is 1.